The molecule has 0 fully saturated rings. The van der Waals surface area contributed by atoms with Crippen LogP contribution >= 0.6 is 0 Å². The second-order valence-corrected chi connectivity index (χ2v) is 7.71. The lowest BCUT2D eigenvalue weighted by Crippen LogP contribution is -2.05. The number of pyridine rings is 1. The van der Waals surface area contributed by atoms with Gasteiger partial charge in [-0.15, -0.1) is 5.10 Å². The summed E-state index contributed by atoms with van der Waals surface area (Å²) in [6, 6.07) is 24.2. The van der Waals surface area contributed by atoms with Crippen molar-refractivity contribution < 1.29 is 5.11 Å². The van der Waals surface area contributed by atoms with Crippen LogP contribution in [0.15, 0.2) is 91.5 Å². The molecule has 7 heteroatoms. The maximum atomic E-state index is 9.91. The second kappa shape index (κ2) is 7.96. The molecule has 1 N–H and O–H groups in total. The average Bonchev–Trinajstić information content (AvgIpc) is 3.45. The minimum atomic E-state index is -0.000338. The van der Waals surface area contributed by atoms with Gasteiger partial charge in [-0.05, 0) is 23.3 Å². The van der Waals surface area contributed by atoms with Crippen LogP contribution in [0.4, 0.5) is 0 Å². The zero-order chi connectivity index (χ0) is 22.2. The van der Waals surface area contributed by atoms with Crippen LogP contribution in [0.25, 0.3) is 50.5 Å². The summed E-state index contributed by atoms with van der Waals surface area (Å²) in [7, 11) is 0. The van der Waals surface area contributed by atoms with E-state index in [1.54, 1.807) is 23.2 Å². The lowest BCUT2D eigenvalue weighted by atomic mass is 9.99. The summed E-state index contributed by atoms with van der Waals surface area (Å²) in [5.74, 6) is 0.613. The van der Waals surface area contributed by atoms with Crippen molar-refractivity contribution in [3.05, 3.63) is 91.5 Å². The summed E-state index contributed by atoms with van der Waals surface area (Å²) in [6.45, 7) is 0.418. The zero-order valence-electron chi connectivity index (χ0n) is 17.7. The molecule has 0 saturated heterocycles. The monoisotopic (exact) mass is 432 g/mol. The summed E-state index contributed by atoms with van der Waals surface area (Å²) in [5.41, 5.74) is 6.51. The normalized spacial score (nSPS) is 11.4. The van der Waals surface area contributed by atoms with Crippen molar-refractivity contribution >= 4 is 16.7 Å². The molecule has 6 aromatic rings. The maximum absolute atomic E-state index is 9.91. The number of fused-ring (bicyclic) bond motifs is 3. The Morgan fingerprint density at radius 2 is 1.45 bits per heavy atom. The maximum Gasteiger partial charge on any atom is 0.182 e. The van der Waals surface area contributed by atoms with Gasteiger partial charge in [-0.1, -0.05) is 60.7 Å². The second-order valence-electron chi connectivity index (χ2n) is 7.71. The molecule has 4 aromatic heterocycles. The Morgan fingerprint density at radius 3 is 2.15 bits per heavy atom. The Kier molecular flexibility index (Phi) is 4.66. The lowest BCUT2D eigenvalue weighted by molar-refractivity contribution is 0.278. The molecule has 0 radical (unpaired) electrons. The van der Waals surface area contributed by atoms with Crippen LogP contribution in [-0.4, -0.2) is 40.8 Å². The molecule has 0 saturated carbocycles. The van der Waals surface area contributed by atoms with Crippen LogP contribution in [0.5, 0.6) is 0 Å². The topological polar surface area (TPSA) is 81.1 Å². The SMILES string of the molecule is OCCn1c(-c2ccccc2)c(-c2ccccc2)c2c1ncn1nc(-c3ccncc3)nc21. The number of aromatic nitrogens is 6. The lowest BCUT2D eigenvalue weighted by Gasteiger charge is -2.11. The van der Waals surface area contributed by atoms with Gasteiger partial charge < -0.3 is 9.67 Å². The predicted octanol–water partition coefficient (Wildman–Crippen LogP) is 4.47. The molecule has 0 bridgehead atoms. The van der Waals surface area contributed by atoms with Crippen molar-refractivity contribution in [3.8, 4) is 33.8 Å². The Bertz CT molecular complexity index is 1560. The third-order valence-corrected chi connectivity index (χ3v) is 5.75. The van der Waals surface area contributed by atoms with Gasteiger partial charge in [-0.25, -0.2) is 14.5 Å². The van der Waals surface area contributed by atoms with Crippen LogP contribution in [0, 0.1) is 0 Å². The molecule has 0 amide bonds. The van der Waals surface area contributed by atoms with Crippen LogP contribution in [0.3, 0.4) is 0 Å². The molecule has 0 aliphatic rings. The van der Waals surface area contributed by atoms with Gasteiger partial charge in [0, 0.05) is 30.1 Å². The Hall–Kier alpha value is -4.36. The third kappa shape index (κ3) is 3.18. The number of benzene rings is 2. The fraction of sp³-hybridized carbons (Fsp3) is 0.0769. The molecule has 0 aliphatic heterocycles. The summed E-state index contributed by atoms with van der Waals surface area (Å²) >= 11 is 0. The van der Waals surface area contributed by atoms with E-state index in [0.29, 0.717) is 12.4 Å². The number of hydrogen-bond acceptors (Lipinski definition) is 5. The van der Waals surface area contributed by atoms with Crippen molar-refractivity contribution in [2.75, 3.05) is 6.61 Å². The summed E-state index contributed by atoms with van der Waals surface area (Å²) in [5, 5.41) is 15.5. The van der Waals surface area contributed by atoms with Gasteiger partial charge in [-0.2, -0.15) is 0 Å². The van der Waals surface area contributed by atoms with E-state index in [0.717, 1.165) is 44.6 Å². The largest absolute Gasteiger partial charge is 0.395 e. The molecular weight excluding hydrogens is 412 g/mol. The molecule has 0 aliphatic carbocycles. The van der Waals surface area contributed by atoms with Crippen LogP contribution in [0.1, 0.15) is 0 Å². The minimum absolute atomic E-state index is 0.000338. The van der Waals surface area contributed by atoms with Crippen LogP contribution < -0.4 is 0 Å². The quantitative estimate of drug-likeness (QED) is 0.435. The highest BCUT2D eigenvalue weighted by atomic mass is 16.3. The Balaban J connectivity index is 1.76. The van der Waals surface area contributed by atoms with Crippen molar-refractivity contribution in [1.82, 2.24) is 29.1 Å². The molecule has 4 heterocycles. The van der Waals surface area contributed by atoms with Gasteiger partial charge in [0.05, 0.1) is 17.7 Å². The molecule has 2 aromatic carbocycles. The van der Waals surface area contributed by atoms with Crippen LogP contribution in [-0.2, 0) is 6.54 Å². The van der Waals surface area contributed by atoms with E-state index < -0.39 is 0 Å². The van der Waals surface area contributed by atoms with Crippen molar-refractivity contribution in [2.45, 2.75) is 6.54 Å². The van der Waals surface area contributed by atoms with Crippen molar-refractivity contribution in [3.63, 3.8) is 0 Å². The summed E-state index contributed by atoms with van der Waals surface area (Å²) in [4.78, 5) is 13.8. The highest BCUT2D eigenvalue weighted by molar-refractivity contribution is 6.09. The Morgan fingerprint density at radius 1 is 0.758 bits per heavy atom. The fourth-order valence-electron chi connectivity index (χ4n) is 4.36. The molecule has 6 rings (SSSR count). The van der Waals surface area contributed by atoms with E-state index in [1.807, 2.05) is 48.5 Å². The van der Waals surface area contributed by atoms with Gasteiger partial charge in [-0.3, -0.25) is 4.98 Å². The van der Waals surface area contributed by atoms with E-state index in [-0.39, 0.29) is 6.61 Å². The van der Waals surface area contributed by atoms with E-state index >= 15 is 0 Å². The summed E-state index contributed by atoms with van der Waals surface area (Å²) in [6.07, 6.45) is 5.15. The van der Waals surface area contributed by atoms with Crippen molar-refractivity contribution in [2.24, 2.45) is 0 Å². The van der Waals surface area contributed by atoms with E-state index in [1.165, 1.54) is 0 Å². The number of aliphatic hydroxyl groups is 1. The van der Waals surface area contributed by atoms with Gasteiger partial charge in [0.2, 0.25) is 0 Å². The summed E-state index contributed by atoms with van der Waals surface area (Å²) < 4.78 is 3.80. The molecule has 0 unspecified atom stereocenters. The van der Waals surface area contributed by atoms with Gasteiger partial charge >= 0.3 is 0 Å². The van der Waals surface area contributed by atoms with E-state index in [9.17, 15) is 5.11 Å². The van der Waals surface area contributed by atoms with Gasteiger partial charge in [0.15, 0.2) is 11.5 Å². The first-order valence-electron chi connectivity index (χ1n) is 10.7. The van der Waals surface area contributed by atoms with Gasteiger partial charge in [0.1, 0.15) is 12.0 Å². The molecule has 160 valence electrons. The molecular formula is C26H20N6O. The number of aliphatic hydroxyl groups excluding tert-OH is 1. The van der Waals surface area contributed by atoms with Gasteiger partial charge in [0.25, 0.3) is 0 Å². The van der Waals surface area contributed by atoms with Crippen molar-refractivity contribution in [1.29, 1.82) is 0 Å². The molecule has 0 atom stereocenters. The fourth-order valence-corrected chi connectivity index (χ4v) is 4.36. The zero-order valence-corrected chi connectivity index (χ0v) is 17.7. The predicted molar refractivity (Wildman–Crippen MR) is 127 cm³/mol. The molecule has 7 nitrogen and oxygen atoms in total. The first kappa shape index (κ1) is 19.3. The smallest absolute Gasteiger partial charge is 0.182 e. The Labute approximate surface area is 189 Å². The standard InChI is InChI=1S/C26H20N6O/c33-16-15-31-23(19-9-5-2-6-10-19)21(18-7-3-1-4-8-18)22-25(31)28-17-32-26(22)29-24(30-32)20-11-13-27-14-12-20/h1-14,17,33H,15-16H2. The van der Waals surface area contributed by atoms with E-state index in [4.69, 9.17) is 9.97 Å². The number of hydrogen-bond donors (Lipinski definition) is 1. The molecule has 33 heavy (non-hydrogen) atoms. The average molecular weight is 432 g/mol. The first-order chi connectivity index (χ1) is 16.3. The highest BCUT2D eigenvalue weighted by Crippen LogP contribution is 2.41. The van der Waals surface area contributed by atoms with E-state index in [2.05, 4.69) is 38.9 Å². The number of nitrogens with zero attached hydrogens (tertiary/aromatic N) is 6. The van der Waals surface area contributed by atoms with Crippen LogP contribution in [0.2, 0.25) is 0 Å². The molecule has 0 spiro atoms. The third-order valence-electron chi connectivity index (χ3n) is 5.75. The highest BCUT2D eigenvalue weighted by Gasteiger charge is 2.24. The first-order valence-corrected chi connectivity index (χ1v) is 10.7. The number of rotatable bonds is 5. The minimum Gasteiger partial charge on any atom is -0.395 e.